The number of aryl methyl sites for hydroxylation is 1. The molecule has 0 saturated heterocycles. The second kappa shape index (κ2) is 6.00. The normalized spacial score (nSPS) is 23.9. The van der Waals surface area contributed by atoms with Gasteiger partial charge in [-0.3, -0.25) is 9.89 Å². The van der Waals surface area contributed by atoms with E-state index < -0.39 is 0 Å². The molecule has 18 heavy (non-hydrogen) atoms. The number of carbonyl (C=O) groups excluding carboxylic acids is 1. The Bertz CT molecular complexity index is 401. The largest absolute Gasteiger partial charge is 0.348 e. The summed E-state index contributed by atoms with van der Waals surface area (Å²) < 4.78 is 0. The summed E-state index contributed by atoms with van der Waals surface area (Å²) in [5.41, 5.74) is 7.23. The Kier molecular flexibility index (Phi) is 4.36. The van der Waals surface area contributed by atoms with Crippen LogP contribution in [0.15, 0.2) is 6.07 Å². The molecule has 0 spiro atoms. The highest BCUT2D eigenvalue weighted by atomic mass is 16.2. The van der Waals surface area contributed by atoms with Crippen LogP contribution in [-0.2, 0) is 6.42 Å². The van der Waals surface area contributed by atoms with Crippen LogP contribution in [0.2, 0.25) is 0 Å². The number of nitrogens with two attached hydrogens (primary N) is 1. The van der Waals surface area contributed by atoms with E-state index in [1.54, 1.807) is 0 Å². The van der Waals surface area contributed by atoms with Gasteiger partial charge in [-0.05, 0) is 37.8 Å². The van der Waals surface area contributed by atoms with Crippen LogP contribution >= 0.6 is 0 Å². The van der Waals surface area contributed by atoms with Gasteiger partial charge in [0.1, 0.15) is 5.69 Å². The Morgan fingerprint density at radius 3 is 3.00 bits per heavy atom. The van der Waals surface area contributed by atoms with Crippen LogP contribution in [0.5, 0.6) is 0 Å². The number of aromatic nitrogens is 2. The summed E-state index contributed by atoms with van der Waals surface area (Å²) >= 11 is 0. The molecule has 1 aliphatic carbocycles. The van der Waals surface area contributed by atoms with Crippen molar-refractivity contribution in [3.63, 3.8) is 0 Å². The average Bonchev–Trinajstić information content (AvgIpc) is 2.88. The second-order valence-electron chi connectivity index (χ2n) is 4.99. The Hall–Kier alpha value is -1.36. The molecule has 0 aliphatic heterocycles. The van der Waals surface area contributed by atoms with Gasteiger partial charge in [0, 0.05) is 11.7 Å². The number of rotatable bonds is 4. The van der Waals surface area contributed by atoms with E-state index in [4.69, 9.17) is 5.73 Å². The summed E-state index contributed by atoms with van der Waals surface area (Å²) in [5.74, 6) is 0.323. The Labute approximate surface area is 108 Å². The monoisotopic (exact) mass is 250 g/mol. The van der Waals surface area contributed by atoms with Crippen LogP contribution in [0.4, 0.5) is 0 Å². The lowest BCUT2D eigenvalue weighted by Crippen LogP contribution is -2.44. The smallest absolute Gasteiger partial charge is 0.272 e. The molecule has 2 unspecified atom stereocenters. The van der Waals surface area contributed by atoms with E-state index >= 15 is 0 Å². The number of hydrogen-bond acceptors (Lipinski definition) is 3. The molecule has 0 radical (unpaired) electrons. The van der Waals surface area contributed by atoms with Gasteiger partial charge in [0.15, 0.2) is 0 Å². The van der Waals surface area contributed by atoms with Crippen LogP contribution in [0.1, 0.15) is 48.8 Å². The first-order chi connectivity index (χ1) is 8.74. The van der Waals surface area contributed by atoms with E-state index in [1.807, 2.05) is 13.0 Å². The maximum Gasteiger partial charge on any atom is 0.272 e. The summed E-state index contributed by atoms with van der Waals surface area (Å²) in [6, 6.07) is 2.02. The number of hydrogen-bond donors (Lipinski definition) is 3. The second-order valence-corrected chi connectivity index (χ2v) is 4.99. The molecule has 1 fully saturated rings. The van der Waals surface area contributed by atoms with E-state index in [0.717, 1.165) is 25.0 Å². The molecule has 2 atom stereocenters. The van der Waals surface area contributed by atoms with Crippen LogP contribution in [-0.4, -0.2) is 28.7 Å². The van der Waals surface area contributed by atoms with Gasteiger partial charge in [-0.2, -0.15) is 5.10 Å². The number of amides is 1. The molecule has 1 saturated carbocycles. The van der Waals surface area contributed by atoms with Crippen molar-refractivity contribution in [2.45, 2.75) is 45.1 Å². The Morgan fingerprint density at radius 1 is 1.56 bits per heavy atom. The fraction of sp³-hybridized carbons (Fsp3) is 0.692. The topological polar surface area (TPSA) is 83.8 Å². The average molecular weight is 250 g/mol. The molecule has 1 aromatic rings. The van der Waals surface area contributed by atoms with Crippen molar-refractivity contribution in [3.8, 4) is 0 Å². The van der Waals surface area contributed by atoms with Gasteiger partial charge in [0.05, 0.1) is 0 Å². The van der Waals surface area contributed by atoms with Crippen molar-refractivity contribution < 1.29 is 4.79 Å². The van der Waals surface area contributed by atoms with E-state index in [-0.39, 0.29) is 11.9 Å². The van der Waals surface area contributed by atoms with Crippen LogP contribution in [0, 0.1) is 5.92 Å². The van der Waals surface area contributed by atoms with Gasteiger partial charge >= 0.3 is 0 Å². The molecule has 1 heterocycles. The molecule has 5 heteroatoms. The lowest BCUT2D eigenvalue weighted by molar-refractivity contribution is 0.0903. The lowest BCUT2D eigenvalue weighted by Gasteiger charge is -2.31. The minimum atomic E-state index is -0.0868. The summed E-state index contributed by atoms with van der Waals surface area (Å²) in [6.45, 7) is 2.67. The Balaban J connectivity index is 1.97. The molecular weight excluding hydrogens is 228 g/mol. The number of H-pyrrole nitrogens is 1. The maximum absolute atomic E-state index is 12.1. The van der Waals surface area contributed by atoms with E-state index in [2.05, 4.69) is 15.5 Å². The molecule has 1 amide bonds. The van der Waals surface area contributed by atoms with Crippen molar-refractivity contribution in [1.29, 1.82) is 0 Å². The number of carbonyl (C=O) groups is 1. The molecule has 5 nitrogen and oxygen atoms in total. The minimum Gasteiger partial charge on any atom is -0.348 e. The fourth-order valence-corrected chi connectivity index (χ4v) is 2.58. The number of nitrogens with one attached hydrogen (secondary N) is 2. The lowest BCUT2D eigenvalue weighted by atomic mass is 9.84. The summed E-state index contributed by atoms with van der Waals surface area (Å²) in [4.78, 5) is 12.1. The van der Waals surface area contributed by atoms with Gasteiger partial charge < -0.3 is 11.1 Å². The molecule has 100 valence electrons. The van der Waals surface area contributed by atoms with Crippen molar-refractivity contribution in [3.05, 3.63) is 17.5 Å². The minimum absolute atomic E-state index is 0.0868. The van der Waals surface area contributed by atoms with Crippen LogP contribution in [0.25, 0.3) is 0 Å². The first-order valence-corrected chi connectivity index (χ1v) is 6.79. The Morgan fingerprint density at radius 2 is 2.33 bits per heavy atom. The summed E-state index contributed by atoms with van der Waals surface area (Å²) in [5, 5.41) is 9.97. The SMILES string of the molecule is CCc1cc(C(=O)NC2CCCCC2CN)n[nH]1. The van der Waals surface area contributed by atoms with E-state index in [9.17, 15) is 4.79 Å². The van der Waals surface area contributed by atoms with Gasteiger partial charge in [-0.25, -0.2) is 0 Å². The number of aromatic amines is 1. The van der Waals surface area contributed by atoms with E-state index in [1.165, 1.54) is 12.8 Å². The zero-order chi connectivity index (χ0) is 13.0. The third-order valence-corrected chi connectivity index (χ3v) is 3.77. The quantitative estimate of drug-likeness (QED) is 0.751. The van der Waals surface area contributed by atoms with E-state index in [0.29, 0.717) is 18.2 Å². The molecule has 2 rings (SSSR count). The first-order valence-electron chi connectivity index (χ1n) is 6.79. The maximum atomic E-state index is 12.1. The highest BCUT2D eigenvalue weighted by Gasteiger charge is 2.26. The zero-order valence-corrected chi connectivity index (χ0v) is 10.9. The molecule has 1 aliphatic rings. The standard InChI is InChI=1S/C13H22N4O/c1-2-10-7-12(17-16-10)13(18)15-11-6-4-3-5-9(11)8-14/h7,9,11H,2-6,8,14H2,1H3,(H,15,18)(H,16,17). The predicted octanol–water partition coefficient (Wildman–Crippen LogP) is 1.22. The van der Waals surface area contributed by atoms with Crippen molar-refractivity contribution in [1.82, 2.24) is 15.5 Å². The predicted molar refractivity (Wildman–Crippen MR) is 70.2 cm³/mol. The number of nitrogens with zero attached hydrogens (tertiary/aromatic N) is 1. The van der Waals surface area contributed by atoms with Crippen LogP contribution in [0.3, 0.4) is 0 Å². The van der Waals surface area contributed by atoms with Crippen molar-refractivity contribution in [2.24, 2.45) is 11.7 Å². The van der Waals surface area contributed by atoms with Gasteiger partial charge in [0.25, 0.3) is 5.91 Å². The molecule has 0 aromatic carbocycles. The van der Waals surface area contributed by atoms with Gasteiger partial charge in [0.2, 0.25) is 0 Å². The summed E-state index contributed by atoms with van der Waals surface area (Å²) in [7, 11) is 0. The fourth-order valence-electron chi connectivity index (χ4n) is 2.58. The van der Waals surface area contributed by atoms with Gasteiger partial charge in [-0.15, -0.1) is 0 Å². The third kappa shape index (κ3) is 2.90. The van der Waals surface area contributed by atoms with Crippen molar-refractivity contribution >= 4 is 5.91 Å². The highest BCUT2D eigenvalue weighted by Crippen LogP contribution is 2.23. The van der Waals surface area contributed by atoms with Gasteiger partial charge in [-0.1, -0.05) is 19.8 Å². The highest BCUT2D eigenvalue weighted by molar-refractivity contribution is 5.92. The third-order valence-electron chi connectivity index (χ3n) is 3.77. The summed E-state index contributed by atoms with van der Waals surface area (Å²) in [6.07, 6.45) is 5.38. The van der Waals surface area contributed by atoms with Crippen LogP contribution < -0.4 is 11.1 Å². The van der Waals surface area contributed by atoms with Crippen molar-refractivity contribution in [2.75, 3.05) is 6.54 Å². The first kappa shape index (κ1) is 13.1. The molecule has 4 N–H and O–H groups in total. The molecule has 0 bridgehead atoms. The molecule has 1 aromatic heterocycles. The molecular formula is C13H22N4O. The zero-order valence-electron chi connectivity index (χ0n) is 10.9.